The highest BCUT2D eigenvalue weighted by Gasteiger charge is 2.16. The van der Waals surface area contributed by atoms with Crippen molar-refractivity contribution in [3.05, 3.63) is 69.9 Å². The monoisotopic (exact) mass is 372 g/mol. The van der Waals surface area contributed by atoms with Crippen LogP contribution in [0.5, 0.6) is 0 Å². The normalized spacial score (nSPS) is 10.7. The first kappa shape index (κ1) is 15.5. The molecule has 23 heavy (non-hydrogen) atoms. The molecule has 0 N–H and O–H groups in total. The third kappa shape index (κ3) is 3.19. The molecule has 0 fully saturated rings. The number of halogens is 1. The second-order valence-electron chi connectivity index (χ2n) is 4.92. The zero-order chi connectivity index (χ0) is 16.4. The molecule has 0 bridgehead atoms. The van der Waals surface area contributed by atoms with Gasteiger partial charge < -0.3 is 9.15 Å². The summed E-state index contributed by atoms with van der Waals surface area (Å²) in [5.74, 6) is -0.355. The van der Waals surface area contributed by atoms with E-state index in [2.05, 4.69) is 15.9 Å². The number of hydrogen-bond acceptors (Lipinski definition) is 4. The summed E-state index contributed by atoms with van der Waals surface area (Å²) in [7, 11) is 0. The van der Waals surface area contributed by atoms with Gasteiger partial charge in [0.05, 0.1) is 12.2 Å². The van der Waals surface area contributed by atoms with E-state index in [0.717, 1.165) is 4.47 Å². The molecule has 1 heterocycles. The number of rotatable bonds is 4. The molecule has 2 aromatic carbocycles. The number of ether oxygens (including phenoxy) is 1. The van der Waals surface area contributed by atoms with E-state index in [1.807, 2.05) is 0 Å². The molecule has 0 aliphatic rings. The van der Waals surface area contributed by atoms with Crippen LogP contribution in [-0.2, 0) is 4.74 Å². The van der Waals surface area contributed by atoms with Gasteiger partial charge in [0.1, 0.15) is 5.58 Å². The first-order valence-electron chi connectivity index (χ1n) is 7.09. The van der Waals surface area contributed by atoms with E-state index >= 15 is 0 Å². The third-order valence-corrected chi connectivity index (χ3v) is 3.89. The van der Waals surface area contributed by atoms with Crippen LogP contribution in [0.15, 0.2) is 57.4 Å². The smallest absolute Gasteiger partial charge is 0.338 e. The van der Waals surface area contributed by atoms with E-state index in [-0.39, 0.29) is 11.5 Å². The number of benzene rings is 2. The average molecular weight is 373 g/mol. The number of carbonyl (C=O) groups is 2. The Hall–Kier alpha value is -2.40. The predicted octanol–water partition coefficient (Wildman–Crippen LogP) is 4.60. The van der Waals surface area contributed by atoms with Gasteiger partial charge in [-0.1, -0.05) is 15.9 Å². The number of ketones is 1. The van der Waals surface area contributed by atoms with Crippen molar-refractivity contribution in [2.75, 3.05) is 6.61 Å². The molecule has 5 heteroatoms. The summed E-state index contributed by atoms with van der Waals surface area (Å²) in [5, 5.41) is 0.691. The Labute approximate surface area is 141 Å². The van der Waals surface area contributed by atoms with Crippen LogP contribution in [0.25, 0.3) is 11.0 Å². The van der Waals surface area contributed by atoms with Crippen LogP contribution < -0.4 is 0 Å². The SMILES string of the molecule is CCOC(=O)c1ccc2oc(C(=O)c3ccc(Br)cc3)cc2c1. The minimum absolute atomic E-state index is 0.202. The van der Waals surface area contributed by atoms with Crippen LogP contribution in [0.4, 0.5) is 0 Å². The van der Waals surface area contributed by atoms with E-state index < -0.39 is 5.97 Å². The second kappa shape index (κ2) is 6.38. The van der Waals surface area contributed by atoms with E-state index in [0.29, 0.717) is 28.7 Å². The topological polar surface area (TPSA) is 56.5 Å². The lowest BCUT2D eigenvalue weighted by Crippen LogP contribution is -2.03. The number of furan rings is 1. The van der Waals surface area contributed by atoms with E-state index in [4.69, 9.17) is 9.15 Å². The van der Waals surface area contributed by atoms with Crippen LogP contribution >= 0.6 is 15.9 Å². The molecule has 3 rings (SSSR count). The van der Waals surface area contributed by atoms with Gasteiger partial charge in [-0.25, -0.2) is 4.79 Å². The molecule has 0 radical (unpaired) electrons. The predicted molar refractivity (Wildman–Crippen MR) is 89.7 cm³/mol. The molecule has 1 aromatic heterocycles. The molecule has 3 aromatic rings. The Balaban J connectivity index is 1.95. The van der Waals surface area contributed by atoms with Crippen molar-refractivity contribution in [2.45, 2.75) is 6.92 Å². The van der Waals surface area contributed by atoms with Gasteiger partial charge in [-0.3, -0.25) is 4.79 Å². The Morgan fingerprint density at radius 3 is 2.43 bits per heavy atom. The molecule has 0 aliphatic carbocycles. The number of hydrogen-bond donors (Lipinski definition) is 0. The zero-order valence-electron chi connectivity index (χ0n) is 12.3. The first-order chi connectivity index (χ1) is 11.1. The lowest BCUT2D eigenvalue weighted by molar-refractivity contribution is 0.0526. The molecule has 116 valence electrons. The summed E-state index contributed by atoms with van der Waals surface area (Å²) in [4.78, 5) is 24.2. The zero-order valence-corrected chi connectivity index (χ0v) is 13.9. The molecule has 0 amide bonds. The standard InChI is InChI=1S/C18H13BrO4/c1-2-22-18(21)12-5-8-15-13(9-12)10-16(23-15)17(20)11-3-6-14(19)7-4-11/h3-10H,2H2,1H3. The lowest BCUT2D eigenvalue weighted by Gasteiger charge is -2.00. The molecular formula is C18H13BrO4. The molecule has 0 saturated heterocycles. The van der Waals surface area contributed by atoms with Crippen LogP contribution in [0.1, 0.15) is 33.4 Å². The molecule has 0 spiro atoms. The van der Waals surface area contributed by atoms with E-state index in [1.54, 1.807) is 55.5 Å². The van der Waals surface area contributed by atoms with Gasteiger partial charge in [0, 0.05) is 15.4 Å². The molecular weight excluding hydrogens is 360 g/mol. The van der Waals surface area contributed by atoms with Gasteiger partial charge in [-0.2, -0.15) is 0 Å². The van der Waals surface area contributed by atoms with Crippen molar-refractivity contribution in [3.8, 4) is 0 Å². The molecule has 0 saturated carbocycles. The van der Waals surface area contributed by atoms with Gasteiger partial charge in [0.25, 0.3) is 0 Å². The maximum Gasteiger partial charge on any atom is 0.338 e. The first-order valence-corrected chi connectivity index (χ1v) is 7.89. The van der Waals surface area contributed by atoms with Gasteiger partial charge in [-0.15, -0.1) is 0 Å². The second-order valence-corrected chi connectivity index (χ2v) is 5.84. The van der Waals surface area contributed by atoms with Crippen LogP contribution in [0.3, 0.4) is 0 Å². The summed E-state index contributed by atoms with van der Waals surface area (Å²) >= 11 is 3.33. The van der Waals surface area contributed by atoms with Gasteiger partial charge >= 0.3 is 5.97 Å². The quantitative estimate of drug-likeness (QED) is 0.495. The molecule has 0 atom stereocenters. The molecule has 0 unspecified atom stereocenters. The Morgan fingerprint density at radius 1 is 1.04 bits per heavy atom. The Bertz CT molecular complexity index is 878. The fourth-order valence-electron chi connectivity index (χ4n) is 2.24. The summed E-state index contributed by atoms with van der Waals surface area (Å²) in [6, 6.07) is 13.6. The van der Waals surface area contributed by atoms with E-state index in [9.17, 15) is 9.59 Å². The Morgan fingerprint density at radius 2 is 1.74 bits per heavy atom. The van der Waals surface area contributed by atoms with Crippen LogP contribution in [-0.4, -0.2) is 18.4 Å². The minimum atomic E-state index is -0.392. The minimum Gasteiger partial charge on any atom is -0.462 e. The summed E-state index contributed by atoms with van der Waals surface area (Å²) < 4.78 is 11.5. The van der Waals surface area contributed by atoms with Crippen molar-refractivity contribution in [1.82, 2.24) is 0 Å². The fraction of sp³-hybridized carbons (Fsp3) is 0.111. The fourth-order valence-corrected chi connectivity index (χ4v) is 2.50. The number of esters is 1. The number of fused-ring (bicyclic) bond motifs is 1. The van der Waals surface area contributed by atoms with Crippen molar-refractivity contribution >= 4 is 38.7 Å². The van der Waals surface area contributed by atoms with Crippen molar-refractivity contribution in [3.63, 3.8) is 0 Å². The summed E-state index contributed by atoms with van der Waals surface area (Å²) in [6.07, 6.45) is 0. The summed E-state index contributed by atoms with van der Waals surface area (Å²) in [6.45, 7) is 2.07. The van der Waals surface area contributed by atoms with Gasteiger partial charge in [0.2, 0.25) is 5.78 Å². The lowest BCUT2D eigenvalue weighted by atomic mass is 10.1. The van der Waals surface area contributed by atoms with Crippen LogP contribution in [0, 0.1) is 0 Å². The van der Waals surface area contributed by atoms with Crippen molar-refractivity contribution in [1.29, 1.82) is 0 Å². The molecule has 4 nitrogen and oxygen atoms in total. The van der Waals surface area contributed by atoms with Gasteiger partial charge in [0.15, 0.2) is 5.76 Å². The Kier molecular flexibility index (Phi) is 4.30. The highest BCUT2D eigenvalue weighted by Crippen LogP contribution is 2.23. The highest BCUT2D eigenvalue weighted by atomic mass is 79.9. The highest BCUT2D eigenvalue weighted by molar-refractivity contribution is 9.10. The number of carbonyl (C=O) groups excluding carboxylic acids is 2. The largest absolute Gasteiger partial charge is 0.462 e. The maximum atomic E-state index is 12.4. The average Bonchev–Trinajstić information content (AvgIpc) is 2.98. The van der Waals surface area contributed by atoms with Crippen LogP contribution in [0.2, 0.25) is 0 Å². The third-order valence-electron chi connectivity index (χ3n) is 3.36. The van der Waals surface area contributed by atoms with Crippen molar-refractivity contribution < 1.29 is 18.7 Å². The molecule has 0 aliphatic heterocycles. The van der Waals surface area contributed by atoms with E-state index in [1.165, 1.54) is 0 Å². The maximum absolute atomic E-state index is 12.4. The van der Waals surface area contributed by atoms with Gasteiger partial charge in [-0.05, 0) is 55.5 Å². The van der Waals surface area contributed by atoms with Crippen molar-refractivity contribution in [2.24, 2.45) is 0 Å². The summed E-state index contributed by atoms with van der Waals surface area (Å²) in [5.41, 5.74) is 1.53.